The van der Waals surface area contributed by atoms with Gasteiger partial charge in [-0.25, -0.2) is 0 Å². The molecular weight excluding hydrogens is 426 g/mol. The molecule has 1 fully saturated rings. The number of carbonyl (C=O) groups excluding carboxylic acids is 1. The first-order chi connectivity index (χ1) is 16.4. The second kappa shape index (κ2) is 15.1. The molecule has 0 bridgehead atoms. The van der Waals surface area contributed by atoms with Gasteiger partial charge in [0, 0.05) is 39.1 Å². The highest BCUT2D eigenvalue weighted by Gasteiger charge is 2.27. The lowest BCUT2D eigenvalue weighted by Crippen LogP contribution is -2.35. The first-order valence-electron chi connectivity index (χ1n) is 13.1. The van der Waals surface area contributed by atoms with Gasteiger partial charge >= 0.3 is 0 Å². The van der Waals surface area contributed by atoms with Crippen molar-refractivity contribution in [1.29, 1.82) is 0 Å². The van der Waals surface area contributed by atoms with Crippen molar-refractivity contribution in [1.82, 2.24) is 4.90 Å². The Bertz CT molecular complexity index is 752. The van der Waals surface area contributed by atoms with Gasteiger partial charge in [-0.05, 0) is 67.6 Å². The Kier molecular flexibility index (Phi) is 12.5. The molecule has 1 aromatic rings. The van der Waals surface area contributed by atoms with Crippen LogP contribution in [0.4, 0.5) is 0 Å². The van der Waals surface area contributed by atoms with E-state index in [9.17, 15) is 4.79 Å². The van der Waals surface area contributed by atoms with E-state index in [0.29, 0.717) is 36.9 Å². The van der Waals surface area contributed by atoms with E-state index in [1.54, 1.807) is 14.2 Å². The summed E-state index contributed by atoms with van der Waals surface area (Å²) in [6.07, 6.45) is 10.5. The predicted octanol–water partition coefficient (Wildman–Crippen LogP) is 6.16. The molecule has 1 aromatic carbocycles. The Labute approximate surface area is 207 Å². The predicted molar refractivity (Wildman–Crippen MR) is 140 cm³/mol. The molecule has 1 heterocycles. The van der Waals surface area contributed by atoms with Gasteiger partial charge in [0.25, 0.3) is 0 Å². The molecule has 192 valence electrons. The maximum Gasteiger partial charge on any atom is 0.226 e. The van der Waals surface area contributed by atoms with Crippen LogP contribution in [0.5, 0.6) is 11.5 Å². The average Bonchev–Trinajstić information content (AvgIpc) is 3.35. The molecule has 1 saturated heterocycles. The third kappa shape index (κ3) is 8.98. The highest BCUT2D eigenvalue weighted by atomic mass is 16.5. The van der Waals surface area contributed by atoms with Gasteiger partial charge in [-0.2, -0.15) is 0 Å². The zero-order valence-corrected chi connectivity index (χ0v) is 22.3. The largest absolute Gasteiger partial charge is 0.493 e. The maximum atomic E-state index is 12.9. The second-order valence-corrected chi connectivity index (χ2v) is 10.2. The quantitative estimate of drug-likeness (QED) is 0.226. The van der Waals surface area contributed by atoms with Crippen molar-refractivity contribution >= 4 is 5.91 Å². The van der Waals surface area contributed by atoms with Crippen molar-refractivity contribution in [2.45, 2.75) is 66.2 Å². The monoisotopic (exact) mass is 473 g/mol. The van der Waals surface area contributed by atoms with Crippen LogP contribution in [0.3, 0.4) is 0 Å². The first-order valence-corrected chi connectivity index (χ1v) is 13.1. The Hall–Kier alpha value is -2.01. The molecule has 2 atom stereocenters. The van der Waals surface area contributed by atoms with Crippen LogP contribution in [0.2, 0.25) is 0 Å². The number of hydrogen-bond acceptors (Lipinski definition) is 4. The molecule has 0 radical (unpaired) electrons. The number of rotatable bonds is 15. The Morgan fingerprint density at radius 3 is 2.29 bits per heavy atom. The lowest BCUT2D eigenvalue weighted by molar-refractivity contribution is -0.135. The fourth-order valence-electron chi connectivity index (χ4n) is 4.58. The molecule has 5 heteroatoms. The van der Waals surface area contributed by atoms with Gasteiger partial charge in [-0.3, -0.25) is 4.79 Å². The number of carbonyl (C=O) groups is 1. The van der Waals surface area contributed by atoms with Crippen LogP contribution in [0.15, 0.2) is 30.4 Å². The van der Waals surface area contributed by atoms with E-state index in [1.165, 1.54) is 5.56 Å². The van der Waals surface area contributed by atoms with Gasteiger partial charge in [-0.15, -0.1) is 0 Å². The highest BCUT2D eigenvalue weighted by molar-refractivity contribution is 5.79. The van der Waals surface area contributed by atoms with Crippen LogP contribution in [0, 0.1) is 23.7 Å². The van der Waals surface area contributed by atoms with Crippen molar-refractivity contribution in [2.24, 2.45) is 23.7 Å². The number of likely N-dealkylation sites (tertiary alicyclic amines) is 1. The van der Waals surface area contributed by atoms with Gasteiger partial charge in [-0.1, -0.05) is 45.9 Å². The maximum absolute atomic E-state index is 12.9. The molecule has 2 rings (SSSR count). The summed E-state index contributed by atoms with van der Waals surface area (Å²) in [5.74, 6) is 3.45. The summed E-state index contributed by atoms with van der Waals surface area (Å²) < 4.78 is 16.6. The number of hydrogen-bond donors (Lipinski definition) is 0. The van der Waals surface area contributed by atoms with Crippen molar-refractivity contribution in [3.05, 3.63) is 35.9 Å². The summed E-state index contributed by atoms with van der Waals surface area (Å²) in [7, 11) is 3.38. The SMILES string of the molecule is COCCCOc1cc(C[C@@H](CC=CC[C@H](C(=O)N2CCCC2)C(C)C)C(C)C)ccc1OC. The van der Waals surface area contributed by atoms with Gasteiger partial charge in [0.1, 0.15) is 0 Å². The number of methoxy groups -OCH3 is 2. The fraction of sp³-hybridized carbons (Fsp3) is 0.690. The minimum Gasteiger partial charge on any atom is -0.493 e. The summed E-state index contributed by atoms with van der Waals surface area (Å²) in [6.45, 7) is 12.1. The van der Waals surface area contributed by atoms with E-state index in [2.05, 4.69) is 56.9 Å². The standard InChI is InChI=1S/C29H47NO4/c1-22(2)25(12-7-8-13-26(23(3)4)29(31)30-16-9-10-17-30)20-24-14-15-27(33-6)28(21-24)34-19-11-18-32-5/h7-8,14-15,21-23,25-26H,9-13,16-20H2,1-6H3/t25-,26+/m1/s1. The van der Waals surface area contributed by atoms with Gasteiger partial charge < -0.3 is 19.1 Å². The van der Waals surface area contributed by atoms with Crippen LogP contribution in [-0.4, -0.2) is 51.3 Å². The van der Waals surface area contributed by atoms with E-state index < -0.39 is 0 Å². The summed E-state index contributed by atoms with van der Waals surface area (Å²) >= 11 is 0. The van der Waals surface area contributed by atoms with Gasteiger partial charge in [0.2, 0.25) is 5.91 Å². The zero-order chi connectivity index (χ0) is 24.9. The van der Waals surface area contributed by atoms with Crippen LogP contribution in [0.1, 0.15) is 65.4 Å². The summed E-state index contributed by atoms with van der Waals surface area (Å²) in [5.41, 5.74) is 1.26. The van der Waals surface area contributed by atoms with E-state index in [4.69, 9.17) is 14.2 Å². The summed E-state index contributed by atoms with van der Waals surface area (Å²) in [5, 5.41) is 0. The lowest BCUT2D eigenvalue weighted by Gasteiger charge is -2.25. The molecule has 34 heavy (non-hydrogen) atoms. The van der Waals surface area contributed by atoms with E-state index in [1.807, 2.05) is 6.07 Å². The smallest absolute Gasteiger partial charge is 0.226 e. The van der Waals surface area contributed by atoms with Crippen molar-refractivity contribution < 1.29 is 19.0 Å². The normalized spacial score (nSPS) is 15.9. The fourth-order valence-corrected chi connectivity index (χ4v) is 4.58. The Balaban J connectivity index is 1.96. The lowest BCUT2D eigenvalue weighted by atomic mass is 9.85. The highest BCUT2D eigenvalue weighted by Crippen LogP contribution is 2.31. The number of allylic oxidation sites excluding steroid dienone is 2. The van der Waals surface area contributed by atoms with E-state index in [0.717, 1.165) is 63.1 Å². The summed E-state index contributed by atoms with van der Waals surface area (Å²) in [6, 6.07) is 6.27. The third-order valence-corrected chi connectivity index (χ3v) is 6.95. The molecule has 0 spiro atoms. The van der Waals surface area contributed by atoms with Crippen LogP contribution in [0.25, 0.3) is 0 Å². The number of ether oxygens (including phenoxy) is 3. The molecule has 1 aliphatic heterocycles. The third-order valence-electron chi connectivity index (χ3n) is 6.95. The molecule has 0 aliphatic carbocycles. The molecule has 0 saturated carbocycles. The minimum atomic E-state index is 0.0891. The van der Waals surface area contributed by atoms with Gasteiger partial charge in [0.05, 0.1) is 13.7 Å². The molecule has 0 aromatic heterocycles. The van der Waals surface area contributed by atoms with Crippen molar-refractivity contribution in [3.63, 3.8) is 0 Å². The van der Waals surface area contributed by atoms with E-state index in [-0.39, 0.29) is 5.92 Å². The molecular formula is C29H47NO4. The van der Waals surface area contributed by atoms with Crippen molar-refractivity contribution in [2.75, 3.05) is 40.5 Å². The van der Waals surface area contributed by atoms with Crippen LogP contribution in [-0.2, 0) is 16.0 Å². The summed E-state index contributed by atoms with van der Waals surface area (Å²) in [4.78, 5) is 15.0. The van der Waals surface area contributed by atoms with Crippen LogP contribution >= 0.6 is 0 Å². The Morgan fingerprint density at radius 2 is 1.68 bits per heavy atom. The second-order valence-electron chi connectivity index (χ2n) is 10.2. The molecule has 5 nitrogen and oxygen atoms in total. The zero-order valence-electron chi connectivity index (χ0n) is 22.3. The topological polar surface area (TPSA) is 48.0 Å². The van der Waals surface area contributed by atoms with Gasteiger partial charge in [0.15, 0.2) is 11.5 Å². The Morgan fingerprint density at radius 1 is 0.971 bits per heavy atom. The number of nitrogens with zero attached hydrogens (tertiary/aromatic N) is 1. The molecule has 0 N–H and O–H groups in total. The molecule has 1 aliphatic rings. The minimum absolute atomic E-state index is 0.0891. The van der Waals surface area contributed by atoms with E-state index >= 15 is 0 Å². The average molecular weight is 474 g/mol. The van der Waals surface area contributed by atoms with Crippen LogP contribution < -0.4 is 9.47 Å². The first kappa shape index (κ1) is 28.2. The number of benzene rings is 1. The number of amides is 1. The molecule has 1 amide bonds. The molecule has 0 unspecified atom stereocenters. The van der Waals surface area contributed by atoms with Crippen molar-refractivity contribution in [3.8, 4) is 11.5 Å².